The molecule has 2 aromatic rings. The van der Waals surface area contributed by atoms with Gasteiger partial charge in [0.25, 0.3) is 10.0 Å². The number of rotatable bonds is 6. The first kappa shape index (κ1) is 20.2. The molecule has 1 aliphatic heterocycles. The van der Waals surface area contributed by atoms with Crippen LogP contribution in [0.5, 0.6) is 0 Å². The average molecular weight is 413 g/mol. The monoisotopic (exact) mass is 413 g/mol. The number of hydrogen-bond acceptors (Lipinski definition) is 5. The summed E-state index contributed by atoms with van der Waals surface area (Å²) in [5.74, 6) is -1.10. The Balaban J connectivity index is 1.88. The second-order valence-electron chi connectivity index (χ2n) is 6.25. The number of urea groups is 1. The Kier molecular flexibility index (Phi) is 5.69. The smallest absolute Gasteiger partial charge is 0.352 e. The van der Waals surface area contributed by atoms with Crippen molar-refractivity contribution in [2.75, 3.05) is 11.9 Å². The minimum atomic E-state index is -4.06. The Morgan fingerprint density at radius 3 is 2.48 bits per heavy atom. The number of sulfonamides is 1. The lowest BCUT2D eigenvalue weighted by atomic mass is 9.92. The van der Waals surface area contributed by atoms with E-state index in [0.717, 1.165) is 11.3 Å². The van der Waals surface area contributed by atoms with Gasteiger partial charge < -0.3 is 15.7 Å². The molecule has 0 spiro atoms. The molecule has 3 rings (SSSR count). The van der Waals surface area contributed by atoms with Crippen molar-refractivity contribution in [3.05, 3.63) is 78.0 Å². The van der Waals surface area contributed by atoms with Crippen LogP contribution in [0, 0.1) is 0 Å². The summed E-state index contributed by atoms with van der Waals surface area (Å²) in [6.07, 6.45) is 1.81. The van der Waals surface area contributed by atoms with Crippen molar-refractivity contribution in [2.24, 2.45) is 0 Å². The fourth-order valence-electron chi connectivity index (χ4n) is 2.93. The molecule has 0 unspecified atom stereocenters. The molecule has 0 aromatic heterocycles. The van der Waals surface area contributed by atoms with Gasteiger partial charge in [-0.1, -0.05) is 36.4 Å². The lowest BCUT2D eigenvalue weighted by molar-refractivity contribution is -0.132. The molecular weight excluding hydrogens is 394 g/mol. The molecule has 0 atom stereocenters. The van der Waals surface area contributed by atoms with Crippen molar-refractivity contribution in [1.29, 1.82) is 0 Å². The fraction of sp³-hybridized carbons (Fsp3) is 0.100. The molecule has 0 aliphatic carbocycles. The minimum Gasteiger partial charge on any atom is -0.477 e. The van der Waals surface area contributed by atoms with Crippen LogP contribution in [0.3, 0.4) is 0 Å². The summed E-state index contributed by atoms with van der Waals surface area (Å²) >= 11 is 0. The van der Waals surface area contributed by atoms with E-state index >= 15 is 0 Å². The van der Waals surface area contributed by atoms with E-state index in [9.17, 15) is 23.1 Å². The second-order valence-corrected chi connectivity index (χ2v) is 7.93. The number of carboxylic acid groups (broad SMARTS) is 1. The molecule has 0 saturated heterocycles. The first-order valence-corrected chi connectivity index (χ1v) is 10.1. The minimum absolute atomic E-state index is 0.0428. The molecular formula is C20H19N3O5S. The molecule has 1 heterocycles. The highest BCUT2D eigenvalue weighted by atomic mass is 32.2. The van der Waals surface area contributed by atoms with Crippen LogP contribution in [0.25, 0.3) is 5.57 Å². The van der Waals surface area contributed by atoms with Crippen LogP contribution in [-0.4, -0.2) is 32.1 Å². The van der Waals surface area contributed by atoms with Gasteiger partial charge in [0.15, 0.2) is 0 Å². The molecule has 0 saturated carbocycles. The molecule has 9 heteroatoms. The van der Waals surface area contributed by atoms with Crippen LogP contribution < -0.4 is 15.4 Å². The predicted octanol–water partition coefficient (Wildman–Crippen LogP) is 2.32. The highest BCUT2D eigenvalue weighted by molar-refractivity contribution is 7.90. The van der Waals surface area contributed by atoms with Gasteiger partial charge in [0.05, 0.1) is 4.90 Å². The summed E-state index contributed by atoms with van der Waals surface area (Å²) in [5.41, 5.74) is 2.81. The maximum absolute atomic E-state index is 12.3. The molecule has 0 fully saturated rings. The standard InChI is InChI=1S/C20H19N3O5S/c1-2-11-21-20(26)23-29(27,28)15-9-7-13(8-10-15)16-12-14-5-3-4-6-17(14)22-18(16)19(24)25/h2-10,22H,1,11-12H2,(H,24,25)(H2,21,23,26). The van der Waals surface area contributed by atoms with Gasteiger partial charge in [0.2, 0.25) is 0 Å². The quantitative estimate of drug-likeness (QED) is 0.539. The maximum Gasteiger partial charge on any atom is 0.352 e. The summed E-state index contributed by atoms with van der Waals surface area (Å²) in [6, 6.07) is 12.2. The number of para-hydroxylation sites is 1. The van der Waals surface area contributed by atoms with Crippen LogP contribution in [0.1, 0.15) is 11.1 Å². The third-order valence-corrected chi connectivity index (χ3v) is 5.65. The third kappa shape index (κ3) is 4.46. The SMILES string of the molecule is C=CCNC(=O)NS(=O)(=O)c1ccc(C2=C(C(=O)O)Nc3ccccc3C2)cc1. The van der Waals surface area contributed by atoms with Gasteiger partial charge in [-0.3, -0.25) is 0 Å². The van der Waals surface area contributed by atoms with Crippen molar-refractivity contribution in [3.8, 4) is 0 Å². The van der Waals surface area contributed by atoms with Gasteiger partial charge in [0.1, 0.15) is 5.70 Å². The molecule has 2 amide bonds. The molecule has 2 aromatic carbocycles. The normalized spacial score (nSPS) is 13.1. The zero-order valence-corrected chi connectivity index (χ0v) is 16.1. The number of carbonyl (C=O) groups excluding carboxylic acids is 1. The summed E-state index contributed by atoms with van der Waals surface area (Å²) in [7, 11) is -4.06. The molecule has 0 bridgehead atoms. The first-order valence-electron chi connectivity index (χ1n) is 8.65. The number of allylic oxidation sites excluding steroid dienone is 1. The second kappa shape index (κ2) is 8.19. The van der Waals surface area contributed by atoms with Crippen LogP contribution in [0.4, 0.5) is 10.5 Å². The summed E-state index contributed by atoms with van der Waals surface area (Å²) in [5, 5.41) is 14.8. The van der Waals surface area contributed by atoms with E-state index in [-0.39, 0.29) is 17.1 Å². The Morgan fingerprint density at radius 2 is 1.83 bits per heavy atom. The number of carbonyl (C=O) groups is 2. The van der Waals surface area contributed by atoms with Gasteiger partial charge in [0, 0.05) is 18.7 Å². The summed E-state index contributed by atoms with van der Waals surface area (Å²) < 4.78 is 26.5. The lowest BCUT2D eigenvalue weighted by Crippen LogP contribution is -2.39. The number of nitrogens with one attached hydrogen (secondary N) is 3. The highest BCUT2D eigenvalue weighted by Crippen LogP contribution is 2.33. The molecule has 29 heavy (non-hydrogen) atoms. The number of carboxylic acids is 1. The van der Waals surface area contributed by atoms with Gasteiger partial charge in [-0.15, -0.1) is 6.58 Å². The number of benzene rings is 2. The lowest BCUT2D eigenvalue weighted by Gasteiger charge is -2.23. The molecule has 0 radical (unpaired) electrons. The number of fused-ring (bicyclic) bond motifs is 1. The topological polar surface area (TPSA) is 125 Å². The van der Waals surface area contributed by atoms with Gasteiger partial charge in [-0.2, -0.15) is 0 Å². The number of hydrogen-bond donors (Lipinski definition) is 4. The van der Waals surface area contributed by atoms with Gasteiger partial charge in [-0.05, 0) is 34.9 Å². The Morgan fingerprint density at radius 1 is 1.14 bits per heavy atom. The van der Waals surface area contributed by atoms with E-state index in [4.69, 9.17) is 0 Å². The van der Waals surface area contributed by atoms with Crippen molar-refractivity contribution >= 4 is 33.3 Å². The van der Waals surface area contributed by atoms with Crippen LogP contribution in [0.2, 0.25) is 0 Å². The van der Waals surface area contributed by atoms with Crippen LogP contribution >= 0.6 is 0 Å². The van der Waals surface area contributed by atoms with Gasteiger partial charge >= 0.3 is 12.0 Å². The van der Waals surface area contributed by atoms with Crippen molar-refractivity contribution < 1.29 is 23.1 Å². The Labute approximate surface area is 168 Å². The Hall–Kier alpha value is -3.59. The van der Waals surface area contributed by atoms with E-state index in [0.29, 0.717) is 17.6 Å². The number of amides is 2. The van der Waals surface area contributed by atoms with Crippen molar-refractivity contribution in [3.63, 3.8) is 0 Å². The van der Waals surface area contributed by atoms with E-state index in [1.807, 2.05) is 22.9 Å². The summed E-state index contributed by atoms with van der Waals surface area (Å²) in [6.45, 7) is 3.56. The van der Waals surface area contributed by atoms with E-state index < -0.39 is 22.0 Å². The fourth-order valence-corrected chi connectivity index (χ4v) is 3.86. The zero-order valence-electron chi connectivity index (χ0n) is 15.3. The van der Waals surface area contributed by atoms with E-state index in [1.54, 1.807) is 6.07 Å². The van der Waals surface area contributed by atoms with Crippen LogP contribution in [0.15, 0.2) is 71.8 Å². The predicted molar refractivity (Wildman–Crippen MR) is 109 cm³/mol. The molecule has 1 aliphatic rings. The number of anilines is 1. The van der Waals surface area contributed by atoms with Gasteiger partial charge in [-0.25, -0.2) is 22.7 Å². The maximum atomic E-state index is 12.3. The first-order chi connectivity index (χ1) is 13.8. The highest BCUT2D eigenvalue weighted by Gasteiger charge is 2.24. The largest absolute Gasteiger partial charge is 0.477 e. The molecule has 150 valence electrons. The van der Waals surface area contributed by atoms with E-state index in [2.05, 4.69) is 17.2 Å². The van der Waals surface area contributed by atoms with Crippen molar-refractivity contribution in [1.82, 2.24) is 10.0 Å². The Bertz CT molecular complexity index is 1110. The number of aliphatic carboxylic acids is 1. The molecule has 8 nitrogen and oxygen atoms in total. The van der Waals surface area contributed by atoms with Crippen molar-refractivity contribution in [2.45, 2.75) is 11.3 Å². The van der Waals surface area contributed by atoms with E-state index in [1.165, 1.54) is 30.3 Å². The average Bonchev–Trinajstić information content (AvgIpc) is 2.71. The van der Waals surface area contributed by atoms with Crippen LogP contribution in [-0.2, 0) is 21.2 Å². The third-order valence-electron chi connectivity index (χ3n) is 4.31. The zero-order chi connectivity index (χ0) is 21.0. The molecule has 4 N–H and O–H groups in total. The summed E-state index contributed by atoms with van der Waals surface area (Å²) in [4.78, 5) is 23.2.